The van der Waals surface area contributed by atoms with Crippen molar-refractivity contribution in [2.75, 3.05) is 18.4 Å². The highest BCUT2D eigenvalue weighted by Crippen LogP contribution is 2.13. The second-order valence-corrected chi connectivity index (χ2v) is 6.16. The number of hydrogen-bond donors (Lipinski definition) is 3. The molecule has 0 aliphatic heterocycles. The molecular weight excluding hydrogens is 352 g/mol. The van der Waals surface area contributed by atoms with E-state index < -0.39 is 0 Å². The summed E-state index contributed by atoms with van der Waals surface area (Å²) in [5.41, 5.74) is 1.78. The number of nitrogens with zero attached hydrogens (tertiary/aromatic N) is 3. The van der Waals surface area contributed by atoms with Gasteiger partial charge >= 0.3 is 0 Å². The molecule has 0 unspecified atom stereocenters. The Bertz CT molecular complexity index is 726. The zero-order valence-corrected chi connectivity index (χ0v) is 15.9. The summed E-state index contributed by atoms with van der Waals surface area (Å²) in [6, 6.07) is 9.01. The van der Waals surface area contributed by atoms with E-state index in [4.69, 9.17) is 11.6 Å². The van der Waals surface area contributed by atoms with Crippen LogP contribution in [0, 0.1) is 0 Å². The molecule has 26 heavy (non-hydrogen) atoms. The molecule has 0 bridgehead atoms. The van der Waals surface area contributed by atoms with E-state index in [1.807, 2.05) is 20.0 Å². The Hall–Kier alpha value is -2.54. The van der Waals surface area contributed by atoms with Gasteiger partial charge in [0.25, 0.3) is 0 Å². The molecule has 0 atom stereocenters. The van der Waals surface area contributed by atoms with E-state index in [1.54, 1.807) is 35.1 Å². The molecule has 3 N–H and O–H groups in total. The minimum absolute atomic E-state index is 0.0223. The van der Waals surface area contributed by atoms with Crippen LogP contribution in [0.2, 0.25) is 5.02 Å². The second kappa shape index (κ2) is 10.5. The van der Waals surface area contributed by atoms with Crippen molar-refractivity contribution in [2.24, 2.45) is 12.0 Å². The third-order valence-electron chi connectivity index (χ3n) is 3.67. The molecule has 1 aromatic carbocycles. The van der Waals surface area contributed by atoms with Gasteiger partial charge in [0.05, 0.1) is 12.2 Å². The fourth-order valence-electron chi connectivity index (χ4n) is 2.27. The molecular formula is C18H25ClN6O. The first-order valence-corrected chi connectivity index (χ1v) is 9.00. The quantitative estimate of drug-likeness (QED) is 0.375. The van der Waals surface area contributed by atoms with E-state index in [-0.39, 0.29) is 5.91 Å². The van der Waals surface area contributed by atoms with E-state index in [0.717, 1.165) is 23.9 Å². The number of aliphatic imine (C=N–C) groups is 1. The van der Waals surface area contributed by atoms with Crippen LogP contribution in [0.4, 0.5) is 5.69 Å². The van der Waals surface area contributed by atoms with Crippen LogP contribution in [0.25, 0.3) is 0 Å². The second-order valence-electron chi connectivity index (χ2n) is 5.73. The van der Waals surface area contributed by atoms with Crippen LogP contribution < -0.4 is 16.0 Å². The monoisotopic (exact) mass is 376 g/mol. The number of anilines is 1. The summed E-state index contributed by atoms with van der Waals surface area (Å²) in [5, 5.41) is 14.1. The molecule has 0 saturated carbocycles. The number of hydrogen-bond acceptors (Lipinski definition) is 3. The molecule has 2 rings (SSSR count). The lowest BCUT2D eigenvalue weighted by Crippen LogP contribution is -2.38. The van der Waals surface area contributed by atoms with Gasteiger partial charge in [-0.3, -0.25) is 9.48 Å². The molecule has 0 radical (unpaired) electrons. The van der Waals surface area contributed by atoms with Crippen molar-refractivity contribution in [3.05, 3.63) is 47.2 Å². The largest absolute Gasteiger partial charge is 0.357 e. The van der Waals surface area contributed by atoms with Gasteiger partial charge in [-0.05, 0) is 43.7 Å². The molecule has 1 amide bonds. The van der Waals surface area contributed by atoms with Crippen molar-refractivity contribution in [3.63, 3.8) is 0 Å². The Morgan fingerprint density at radius 1 is 1.23 bits per heavy atom. The van der Waals surface area contributed by atoms with E-state index in [9.17, 15) is 4.79 Å². The number of guanidine groups is 1. The van der Waals surface area contributed by atoms with Crippen molar-refractivity contribution >= 4 is 29.2 Å². The number of amides is 1. The van der Waals surface area contributed by atoms with Gasteiger partial charge in [-0.2, -0.15) is 5.10 Å². The fourth-order valence-corrected chi connectivity index (χ4v) is 2.40. The molecule has 7 nitrogen and oxygen atoms in total. The average molecular weight is 377 g/mol. The van der Waals surface area contributed by atoms with Gasteiger partial charge < -0.3 is 16.0 Å². The van der Waals surface area contributed by atoms with Crippen LogP contribution in [0.3, 0.4) is 0 Å². The molecule has 1 heterocycles. The molecule has 8 heteroatoms. The Kier molecular flexibility index (Phi) is 7.95. The summed E-state index contributed by atoms with van der Waals surface area (Å²) in [5.74, 6) is 0.706. The highest BCUT2D eigenvalue weighted by atomic mass is 35.5. The molecule has 0 spiro atoms. The lowest BCUT2D eigenvalue weighted by atomic mass is 10.2. The number of halogens is 1. The number of aromatic nitrogens is 2. The highest BCUT2D eigenvalue weighted by molar-refractivity contribution is 6.30. The number of aryl methyl sites for hydroxylation is 1. The Labute approximate surface area is 158 Å². The Morgan fingerprint density at radius 3 is 2.65 bits per heavy atom. The predicted octanol–water partition coefficient (Wildman–Crippen LogP) is 2.55. The van der Waals surface area contributed by atoms with Gasteiger partial charge in [-0.1, -0.05) is 11.6 Å². The summed E-state index contributed by atoms with van der Waals surface area (Å²) in [4.78, 5) is 16.5. The van der Waals surface area contributed by atoms with Gasteiger partial charge in [0.1, 0.15) is 0 Å². The van der Waals surface area contributed by atoms with Crippen LogP contribution in [0.1, 0.15) is 25.5 Å². The van der Waals surface area contributed by atoms with Gasteiger partial charge in [0.2, 0.25) is 5.91 Å². The normalized spacial score (nSPS) is 11.3. The van der Waals surface area contributed by atoms with E-state index >= 15 is 0 Å². The zero-order chi connectivity index (χ0) is 18.8. The minimum atomic E-state index is -0.0223. The summed E-state index contributed by atoms with van der Waals surface area (Å²) in [6.45, 7) is 3.99. The molecule has 0 saturated heterocycles. The van der Waals surface area contributed by atoms with Gasteiger partial charge in [0, 0.05) is 43.5 Å². The first kappa shape index (κ1) is 19.8. The summed E-state index contributed by atoms with van der Waals surface area (Å²) >= 11 is 5.83. The topological polar surface area (TPSA) is 83.3 Å². The molecule has 1 aromatic heterocycles. The average Bonchev–Trinajstić information content (AvgIpc) is 3.03. The molecule has 2 aromatic rings. The number of carbonyl (C=O) groups excluding carboxylic acids is 1. The van der Waals surface area contributed by atoms with Gasteiger partial charge in [0.15, 0.2) is 5.96 Å². The van der Waals surface area contributed by atoms with E-state index in [0.29, 0.717) is 31.0 Å². The van der Waals surface area contributed by atoms with Gasteiger partial charge in [-0.25, -0.2) is 4.99 Å². The minimum Gasteiger partial charge on any atom is -0.357 e. The van der Waals surface area contributed by atoms with Crippen LogP contribution in [0.5, 0.6) is 0 Å². The first-order chi connectivity index (χ1) is 12.6. The highest BCUT2D eigenvalue weighted by Gasteiger charge is 2.04. The number of nitrogens with one attached hydrogen (secondary N) is 3. The van der Waals surface area contributed by atoms with Crippen molar-refractivity contribution in [2.45, 2.75) is 26.3 Å². The zero-order valence-electron chi connectivity index (χ0n) is 15.1. The van der Waals surface area contributed by atoms with Crippen molar-refractivity contribution in [1.82, 2.24) is 20.4 Å². The van der Waals surface area contributed by atoms with Crippen LogP contribution in [0.15, 0.2) is 41.5 Å². The Morgan fingerprint density at radius 2 is 2.00 bits per heavy atom. The number of carbonyl (C=O) groups is 1. The first-order valence-electron chi connectivity index (χ1n) is 8.63. The standard InChI is InChI=1S/C18H25ClN6O/c1-3-20-18(22-13-16-10-12-23-25(16)2)21-11-4-5-17(26)24-15-8-6-14(19)7-9-15/h6-10,12H,3-5,11,13H2,1-2H3,(H,24,26)(H2,20,21,22). The Balaban J connectivity index is 1.72. The SMILES string of the molecule is CCNC(=NCc1ccnn1C)NCCCC(=O)Nc1ccc(Cl)cc1. The fraction of sp³-hybridized carbons (Fsp3) is 0.389. The van der Waals surface area contributed by atoms with Crippen molar-refractivity contribution in [1.29, 1.82) is 0 Å². The summed E-state index contributed by atoms with van der Waals surface area (Å²) in [7, 11) is 1.89. The lowest BCUT2D eigenvalue weighted by Gasteiger charge is -2.11. The van der Waals surface area contributed by atoms with Crippen molar-refractivity contribution in [3.8, 4) is 0 Å². The maximum Gasteiger partial charge on any atom is 0.224 e. The molecule has 0 aliphatic rings. The van der Waals surface area contributed by atoms with Crippen LogP contribution in [-0.2, 0) is 18.4 Å². The smallest absolute Gasteiger partial charge is 0.224 e. The summed E-state index contributed by atoms with van der Waals surface area (Å²) < 4.78 is 1.80. The van der Waals surface area contributed by atoms with Crippen LogP contribution >= 0.6 is 11.6 Å². The molecule has 0 fully saturated rings. The molecule has 140 valence electrons. The van der Waals surface area contributed by atoms with E-state index in [1.165, 1.54) is 0 Å². The maximum atomic E-state index is 12.0. The third kappa shape index (κ3) is 6.76. The predicted molar refractivity (Wildman–Crippen MR) is 105 cm³/mol. The third-order valence-corrected chi connectivity index (χ3v) is 3.92. The lowest BCUT2D eigenvalue weighted by molar-refractivity contribution is -0.116. The van der Waals surface area contributed by atoms with Crippen molar-refractivity contribution < 1.29 is 4.79 Å². The van der Waals surface area contributed by atoms with Gasteiger partial charge in [-0.15, -0.1) is 0 Å². The number of benzene rings is 1. The van der Waals surface area contributed by atoms with E-state index in [2.05, 4.69) is 26.0 Å². The molecule has 0 aliphatic carbocycles. The maximum absolute atomic E-state index is 12.0. The van der Waals surface area contributed by atoms with Crippen LogP contribution in [-0.4, -0.2) is 34.7 Å². The number of rotatable bonds is 8. The summed E-state index contributed by atoms with van der Waals surface area (Å²) in [6.07, 6.45) is 2.89.